The van der Waals surface area contributed by atoms with Gasteiger partial charge in [0.2, 0.25) is 0 Å². The van der Waals surface area contributed by atoms with Crippen LogP contribution in [0.2, 0.25) is 0 Å². The van der Waals surface area contributed by atoms with Gasteiger partial charge < -0.3 is 19.7 Å². The van der Waals surface area contributed by atoms with E-state index in [1.54, 1.807) is 30.3 Å². The molecule has 4 rings (SSSR count). The summed E-state index contributed by atoms with van der Waals surface area (Å²) >= 11 is 0. The predicted octanol–water partition coefficient (Wildman–Crippen LogP) is 3.25. The Balaban J connectivity index is 1.32. The minimum Gasteiger partial charge on any atom is -0.486 e. The van der Waals surface area contributed by atoms with E-state index in [9.17, 15) is 13.2 Å². The van der Waals surface area contributed by atoms with E-state index in [2.05, 4.69) is 14.9 Å². The SMILES string of the molecule is O=C(NCCCN1CCCCCC1)c1cccc(NS(=O)(=O)c2ccc3c(c2)OCCO3)c1. The van der Waals surface area contributed by atoms with Crippen LogP contribution in [0.3, 0.4) is 0 Å². The maximum Gasteiger partial charge on any atom is 0.262 e. The smallest absolute Gasteiger partial charge is 0.262 e. The van der Waals surface area contributed by atoms with Gasteiger partial charge in [-0.1, -0.05) is 18.9 Å². The van der Waals surface area contributed by atoms with Gasteiger partial charge in [-0.3, -0.25) is 9.52 Å². The Hall–Kier alpha value is -2.78. The fourth-order valence-corrected chi connectivity index (χ4v) is 5.16. The maximum absolute atomic E-state index is 12.8. The molecule has 0 aliphatic carbocycles. The third-order valence-electron chi connectivity index (χ3n) is 5.84. The predicted molar refractivity (Wildman–Crippen MR) is 127 cm³/mol. The average molecular weight is 474 g/mol. The summed E-state index contributed by atoms with van der Waals surface area (Å²) in [6.07, 6.45) is 6.01. The van der Waals surface area contributed by atoms with E-state index in [0.29, 0.717) is 42.5 Å². The lowest BCUT2D eigenvalue weighted by atomic mass is 10.2. The molecule has 0 unspecified atom stereocenters. The quantitative estimate of drug-likeness (QED) is 0.572. The summed E-state index contributed by atoms with van der Waals surface area (Å²) < 4.78 is 39.1. The first-order valence-electron chi connectivity index (χ1n) is 11.5. The van der Waals surface area contributed by atoms with Gasteiger partial charge in [-0.05, 0) is 69.2 Å². The molecule has 2 aliphatic heterocycles. The maximum atomic E-state index is 12.8. The molecule has 0 bridgehead atoms. The Bertz CT molecular complexity index is 1070. The van der Waals surface area contributed by atoms with Crippen LogP contribution in [0.4, 0.5) is 5.69 Å². The van der Waals surface area contributed by atoms with Gasteiger partial charge in [0.25, 0.3) is 15.9 Å². The zero-order valence-corrected chi connectivity index (χ0v) is 19.5. The van der Waals surface area contributed by atoms with Crippen molar-refractivity contribution in [2.24, 2.45) is 0 Å². The molecule has 2 aromatic rings. The minimum atomic E-state index is -3.85. The van der Waals surface area contributed by atoms with Crippen LogP contribution in [0.1, 0.15) is 42.5 Å². The van der Waals surface area contributed by atoms with Crippen LogP contribution in [0.25, 0.3) is 0 Å². The van der Waals surface area contributed by atoms with Crippen molar-refractivity contribution in [2.45, 2.75) is 37.0 Å². The molecule has 9 heteroatoms. The number of sulfonamides is 1. The normalized spacial score (nSPS) is 16.6. The molecule has 8 nitrogen and oxygen atoms in total. The van der Waals surface area contributed by atoms with Crippen LogP contribution >= 0.6 is 0 Å². The lowest BCUT2D eigenvalue weighted by Gasteiger charge is -2.19. The van der Waals surface area contributed by atoms with Crippen LogP contribution in [0.5, 0.6) is 11.5 Å². The molecule has 33 heavy (non-hydrogen) atoms. The molecule has 2 aromatic carbocycles. The molecule has 1 fully saturated rings. The van der Waals surface area contributed by atoms with E-state index in [-0.39, 0.29) is 10.8 Å². The summed E-state index contributed by atoms with van der Waals surface area (Å²) in [6.45, 7) is 4.65. The highest BCUT2D eigenvalue weighted by Gasteiger charge is 2.20. The van der Waals surface area contributed by atoms with E-state index in [1.165, 1.54) is 37.8 Å². The van der Waals surface area contributed by atoms with Gasteiger partial charge in [-0.2, -0.15) is 0 Å². The Kier molecular flexibility index (Phi) is 7.72. The molecule has 0 aromatic heterocycles. The molecule has 178 valence electrons. The van der Waals surface area contributed by atoms with Gasteiger partial charge in [0.15, 0.2) is 11.5 Å². The second kappa shape index (κ2) is 10.9. The van der Waals surface area contributed by atoms with E-state index in [0.717, 1.165) is 26.1 Å². The van der Waals surface area contributed by atoms with Crippen molar-refractivity contribution in [3.63, 3.8) is 0 Å². The van der Waals surface area contributed by atoms with Crippen molar-refractivity contribution in [1.82, 2.24) is 10.2 Å². The number of hydrogen-bond donors (Lipinski definition) is 2. The van der Waals surface area contributed by atoms with Crippen molar-refractivity contribution in [3.8, 4) is 11.5 Å². The Labute approximate surface area is 195 Å². The van der Waals surface area contributed by atoms with Crippen molar-refractivity contribution in [3.05, 3.63) is 48.0 Å². The molecule has 2 N–H and O–H groups in total. The van der Waals surface area contributed by atoms with Gasteiger partial charge in [-0.25, -0.2) is 8.42 Å². The summed E-state index contributed by atoms with van der Waals surface area (Å²) in [5.74, 6) is 0.707. The van der Waals surface area contributed by atoms with Crippen molar-refractivity contribution < 1.29 is 22.7 Å². The summed E-state index contributed by atoms with van der Waals surface area (Å²) in [4.78, 5) is 15.1. The number of ether oxygens (including phenoxy) is 2. The van der Waals surface area contributed by atoms with E-state index in [1.807, 2.05) is 0 Å². The van der Waals surface area contributed by atoms with Crippen LogP contribution in [0, 0.1) is 0 Å². The summed E-state index contributed by atoms with van der Waals surface area (Å²) in [6, 6.07) is 11.0. The highest BCUT2D eigenvalue weighted by molar-refractivity contribution is 7.92. The number of carbonyl (C=O) groups is 1. The number of benzene rings is 2. The van der Waals surface area contributed by atoms with Crippen LogP contribution < -0.4 is 19.5 Å². The molecule has 0 saturated carbocycles. The fourth-order valence-electron chi connectivity index (χ4n) is 4.10. The molecule has 1 amide bonds. The van der Waals surface area contributed by atoms with Gasteiger partial charge in [0.1, 0.15) is 13.2 Å². The van der Waals surface area contributed by atoms with Gasteiger partial charge >= 0.3 is 0 Å². The number of amides is 1. The van der Waals surface area contributed by atoms with Crippen LogP contribution in [0.15, 0.2) is 47.4 Å². The zero-order valence-electron chi connectivity index (χ0n) is 18.7. The number of likely N-dealkylation sites (tertiary alicyclic amines) is 1. The molecule has 0 atom stereocenters. The van der Waals surface area contributed by atoms with E-state index >= 15 is 0 Å². The highest BCUT2D eigenvalue weighted by Crippen LogP contribution is 2.32. The molecular formula is C24H31N3O5S. The number of anilines is 1. The first kappa shape index (κ1) is 23.4. The van der Waals surface area contributed by atoms with E-state index in [4.69, 9.17) is 9.47 Å². The second-order valence-electron chi connectivity index (χ2n) is 8.36. The molecule has 1 saturated heterocycles. The van der Waals surface area contributed by atoms with Crippen molar-refractivity contribution in [2.75, 3.05) is 44.1 Å². The number of fused-ring (bicyclic) bond motifs is 1. The van der Waals surface area contributed by atoms with Crippen molar-refractivity contribution in [1.29, 1.82) is 0 Å². The van der Waals surface area contributed by atoms with Gasteiger partial charge in [0, 0.05) is 23.9 Å². The second-order valence-corrected chi connectivity index (χ2v) is 10.0. The van der Waals surface area contributed by atoms with E-state index < -0.39 is 10.0 Å². The third-order valence-corrected chi connectivity index (χ3v) is 7.22. The standard InChI is InChI=1S/C24H31N3O5S/c28-24(25-11-6-14-27-12-3-1-2-4-13-27)19-7-5-8-20(17-19)26-33(29,30)21-9-10-22-23(18-21)32-16-15-31-22/h5,7-10,17-18,26H,1-4,6,11-16H2,(H,25,28). The molecule has 2 heterocycles. The highest BCUT2D eigenvalue weighted by atomic mass is 32.2. The molecule has 2 aliphatic rings. The van der Waals surface area contributed by atoms with Gasteiger partial charge in [0.05, 0.1) is 4.90 Å². The minimum absolute atomic E-state index is 0.0649. The average Bonchev–Trinajstić information content (AvgIpc) is 3.10. The number of nitrogens with zero attached hydrogens (tertiary/aromatic N) is 1. The van der Waals surface area contributed by atoms with Crippen LogP contribution in [-0.2, 0) is 10.0 Å². The molecule has 0 spiro atoms. The van der Waals surface area contributed by atoms with Crippen molar-refractivity contribution >= 4 is 21.6 Å². The monoisotopic (exact) mass is 473 g/mol. The number of carbonyl (C=O) groups excluding carboxylic acids is 1. The Morgan fingerprint density at radius 3 is 2.48 bits per heavy atom. The summed E-state index contributed by atoms with van der Waals surface area (Å²) in [5, 5.41) is 2.94. The first-order valence-corrected chi connectivity index (χ1v) is 13.0. The fraction of sp³-hybridized carbons (Fsp3) is 0.458. The number of hydrogen-bond acceptors (Lipinski definition) is 6. The lowest BCUT2D eigenvalue weighted by molar-refractivity contribution is 0.0951. The molecule has 0 radical (unpaired) electrons. The molecular weight excluding hydrogens is 442 g/mol. The topological polar surface area (TPSA) is 97.0 Å². The number of rotatable bonds is 8. The Morgan fingerprint density at radius 1 is 0.939 bits per heavy atom. The Morgan fingerprint density at radius 2 is 1.70 bits per heavy atom. The summed E-state index contributed by atoms with van der Waals surface area (Å²) in [7, 11) is -3.85. The summed E-state index contributed by atoms with van der Waals surface area (Å²) in [5.41, 5.74) is 0.731. The largest absolute Gasteiger partial charge is 0.486 e. The van der Waals surface area contributed by atoms with Crippen LogP contribution in [-0.4, -0.2) is 58.6 Å². The third kappa shape index (κ3) is 6.39. The first-order chi connectivity index (χ1) is 16.0. The lowest BCUT2D eigenvalue weighted by Crippen LogP contribution is -2.30. The number of nitrogens with one attached hydrogen (secondary N) is 2. The zero-order chi connectivity index (χ0) is 23.1. The van der Waals surface area contributed by atoms with Gasteiger partial charge in [-0.15, -0.1) is 0 Å².